The second kappa shape index (κ2) is 10.7. The van der Waals surface area contributed by atoms with Gasteiger partial charge in [0.1, 0.15) is 18.1 Å². The van der Waals surface area contributed by atoms with E-state index in [1.165, 1.54) is 4.57 Å². The van der Waals surface area contributed by atoms with E-state index < -0.39 is 0 Å². The minimum absolute atomic E-state index is 0.185. The minimum atomic E-state index is -0.260. The van der Waals surface area contributed by atoms with Gasteiger partial charge in [0.2, 0.25) is 0 Å². The molecule has 0 saturated heterocycles. The molecular weight excluding hydrogens is 418 g/mol. The van der Waals surface area contributed by atoms with E-state index in [1.54, 1.807) is 56.7 Å². The Bertz CT molecular complexity index is 1150. The summed E-state index contributed by atoms with van der Waals surface area (Å²) in [6.07, 6.45) is 0.679. The van der Waals surface area contributed by atoms with E-state index in [9.17, 15) is 9.59 Å². The number of ether oxygens (including phenoxy) is 3. The summed E-state index contributed by atoms with van der Waals surface area (Å²) in [6.45, 7) is 1.66. The fourth-order valence-electron chi connectivity index (χ4n) is 3.07. The molecule has 2 N–H and O–H groups in total. The van der Waals surface area contributed by atoms with E-state index >= 15 is 0 Å². The Hall–Kier alpha value is -3.17. The van der Waals surface area contributed by atoms with Crippen molar-refractivity contribution in [3.05, 3.63) is 63.2 Å². The van der Waals surface area contributed by atoms with Gasteiger partial charge in [-0.05, 0) is 61.1 Å². The molecule has 1 aromatic heterocycles. The molecule has 31 heavy (non-hydrogen) atoms. The molecule has 3 aromatic rings. The number of fused-ring (bicyclic) bond motifs is 1. The topological polar surface area (TPSA) is 94.6 Å². The summed E-state index contributed by atoms with van der Waals surface area (Å²) in [5.74, 6) is 1.18. The van der Waals surface area contributed by atoms with Crippen LogP contribution in [0.15, 0.2) is 47.3 Å². The first-order valence-corrected chi connectivity index (χ1v) is 10.2. The zero-order valence-electron chi connectivity index (χ0n) is 17.5. The van der Waals surface area contributed by atoms with E-state index in [1.807, 2.05) is 0 Å². The smallest absolute Gasteiger partial charge is 0.262 e. The zero-order chi connectivity index (χ0) is 22.2. The van der Waals surface area contributed by atoms with Crippen molar-refractivity contribution in [3.63, 3.8) is 0 Å². The Morgan fingerprint density at radius 3 is 2.55 bits per heavy atom. The largest absolute Gasteiger partial charge is 0.497 e. The summed E-state index contributed by atoms with van der Waals surface area (Å²) in [7, 11) is 3.21. The number of carbonyl (C=O) groups excluding carboxylic acids is 1. The summed E-state index contributed by atoms with van der Waals surface area (Å²) in [5.41, 5.74) is 0.772. The van der Waals surface area contributed by atoms with Gasteiger partial charge in [-0.1, -0.05) is 0 Å². The molecule has 0 spiro atoms. The molecule has 164 valence electrons. The number of hydrogen-bond donors (Lipinski definition) is 2. The van der Waals surface area contributed by atoms with Crippen LogP contribution in [0.1, 0.15) is 16.8 Å². The van der Waals surface area contributed by atoms with Crippen molar-refractivity contribution < 1.29 is 19.0 Å². The van der Waals surface area contributed by atoms with Crippen molar-refractivity contribution in [3.8, 4) is 11.5 Å². The Balaban J connectivity index is 1.62. The van der Waals surface area contributed by atoms with Crippen LogP contribution in [0.25, 0.3) is 10.9 Å². The van der Waals surface area contributed by atoms with Crippen LogP contribution in [-0.2, 0) is 11.3 Å². The maximum atomic E-state index is 12.7. The molecule has 0 saturated carbocycles. The molecule has 0 fully saturated rings. The fourth-order valence-corrected chi connectivity index (χ4v) is 3.36. The van der Waals surface area contributed by atoms with Crippen LogP contribution in [0.5, 0.6) is 11.5 Å². The van der Waals surface area contributed by atoms with Crippen LogP contribution >= 0.6 is 12.2 Å². The number of aromatic amines is 1. The number of hydrogen-bond acceptors (Lipinski definition) is 6. The number of nitrogens with zero attached hydrogens (tertiary/aromatic N) is 1. The van der Waals surface area contributed by atoms with Gasteiger partial charge in [-0.15, -0.1) is 0 Å². The minimum Gasteiger partial charge on any atom is -0.497 e. The Morgan fingerprint density at radius 2 is 1.84 bits per heavy atom. The molecule has 1 amide bonds. The molecule has 0 aliphatic heterocycles. The van der Waals surface area contributed by atoms with Gasteiger partial charge in [0.05, 0.1) is 24.6 Å². The molecule has 0 bridgehead atoms. The molecule has 0 atom stereocenters. The van der Waals surface area contributed by atoms with Crippen molar-refractivity contribution in [2.45, 2.75) is 13.0 Å². The average molecular weight is 444 g/mol. The normalized spacial score (nSPS) is 10.8. The number of rotatable bonds is 10. The van der Waals surface area contributed by atoms with Gasteiger partial charge in [0, 0.05) is 25.8 Å². The van der Waals surface area contributed by atoms with Crippen molar-refractivity contribution in [2.75, 3.05) is 34.0 Å². The van der Waals surface area contributed by atoms with Gasteiger partial charge in [0.25, 0.3) is 11.5 Å². The highest BCUT2D eigenvalue weighted by Crippen LogP contribution is 2.16. The predicted molar refractivity (Wildman–Crippen MR) is 121 cm³/mol. The van der Waals surface area contributed by atoms with Crippen LogP contribution in [0.2, 0.25) is 0 Å². The lowest BCUT2D eigenvalue weighted by Gasteiger charge is -2.10. The quantitative estimate of drug-likeness (QED) is 0.370. The van der Waals surface area contributed by atoms with Crippen molar-refractivity contribution >= 4 is 29.0 Å². The highest BCUT2D eigenvalue weighted by Gasteiger charge is 2.10. The van der Waals surface area contributed by atoms with Crippen molar-refractivity contribution in [2.24, 2.45) is 0 Å². The van der Waals surface area contributed by atoms with Crippen molar-refractivity contribution in [1.82, 2.24) is 14.9 Å². The van der Waals surface area contributed by atoms with E-state index in [0.717, 1.165) is 5.75 Å². The number of H-pyrrole nitrogens is 1. The van der Waals surface area contributed by atoms with Gasteiger partial charge in [0.15, 0.2) is 4.77 Å². The third kappa shape index (κ3) is 5.71. The predicted octanol–water partition coefficient (Wildman–Crippen LogP) is 2.91. The molecule has 3 rings (SSSR count). The van der Waals surface area contributed by atoms with E-state index in [2.05, 4.69) is 10.3 Å². The van der Waals surface area contributed by atoms with Gasteiger partial charge in [-0.2, -0.15) is 0 Å². The lowest BCUT2D eigenvalue weighted by Crippen LogP contribution is -2.28. The second-order valence-corrected chi connectivity index (χ2v) is 7.16. The lowest BCUT2D eigenvalue weighted by atomic mass is 10.1. The molecule has 0 radical (unpaired) electrons. The molecule has 8 nitrogen and oxygen atoms in total. The third-order valence-electron chi connectivity index (χ3n) is 4.69. The van der Waals surface area contributed by atoms with Crippen LogP contribution in [-0.4, -0.2) is 49.4 Å². The van der Waals surface area contributed by atoms with E-state index in [-0.39, 0.29) is 11.5 Å². The van der Waals surface area contributed by atoms with E-state index in [4.69, 9.17) is 26.4 Å². The highest BCUT2D eigenvalue weighted by molar-refractivity contribution is 7.71. The monoisotopic (exact) mass is 443 g/mol. The number of benzene rings is 2. The van der Waals surface area contributed by atoms with Crippen LogP contribution in [0, 0.1) is 4.77 Å². The number of amides is 1. The Labute approximate surface area is 184 Å². The number of nitrogens with one attached hydrogen (secondary N) is 2. The zero-order valence-corrected chi connectivity index (χ0v) is 18.3. The van der Waals surface area contributed by atoms with Gasteiger partial charge >= 0.3 is 0 Å². The SMILES string of the molecule is COCCCn1c(=S)[nH]c2cc(C(=O)NCCOc3ccc(OC)cc3)ccc2c1=O. The molecule has 1 heterocycles. The van der Waals surface area contributed by atoms with Gasteiger partial charge < -0.3 is 24.5 Å². The maximum Gasteiger partial charge on any atom is 0.262 e. The summed E-state index contributed by atoms with van der Waals surface area (Å²) < 4.78 is 17.6. The van der Waals surface area contributed by atoms with Gasteiger partial charge in [-0.3, -0.25) is 14.2 Å². The second-order valence-electron chi connectivity index (χ2n) is 6.77. The highest BCUT2D eigenvalue weighted by atomic mass is 32.1. The number of carbonyl (C=O) groups is 1. The van der Waals surface area contributed by atoms with Gasteiger partial charge in [-0.25, -0.2) is 0 Å². The van der Waals surface area contributed by atoms with Crippen LogP contribution < -0.4 is 20.3 Å². The van der Waals surface area contributed by atoms with Crippen LogP contribution in [0.4, 0.5) is 0 Å². The summed E-state index contributed by atoms with van der Waals surface area (Å²) in [4.78, 5) is 28.2. The molecule has 0 aliphatic rings. The number of methoxy groups -OCH3 is 2. The first-order chi connectivity index (χ1) is 15.0. The maximum absolute atomic E-state index is 12.7. The molecule has 9 heteroatoms. The van der Waals surface area contributed by atoms with Crippen molar-refractivity contribution in [1.29, 1.82) is 0 Å². The molecule has 0 aliphatic carbocycles. The summed E-state index contributed by atoms with van der Waals surface area (Å²) in [6, 6.07) is 12.1. The third-order valence-corrected chi connectivity index (χ3v) is 5.01. The molecular formula is C22H25N3O5S. The summed E-state index contributed by atoms with van der Waals surface area (Å²) >= 11 is 5.32. The molecule has 0 unspecified atom stereocenters. The Morgan fingerprint density at radius 1 is 1.10 bits per heavy atom. The lowest BCUT2D eigenvalue weighted by molar-refractivity contribution is 0.0947. The summed E-state index contributed by atoms with van der Waals surface area (Å²) in [5, 5.41) is 3.28. The average Bonchev–Trinajstić information content (AvgIpc) is 2.78. The Kier molecular flexibility index (Phi) is 7.80. The first-order valence-electron chi connectivity index (χ1n) is 9.84. The standard InChI is InChI=1S/C22H25N3O5S/c1-28-12-3-11-25-21(27)18-9-4-15(14-19(18)24-22(25)31)20(26)23-10-13-30-17-7-5-16(29-2)6-8-17/h4-9,14H,3,10-13H2,1-2H3,(H,23,26)(H,24,31). The molecule has 2 aromatic carbocycles. The fraction of sp³-hybridized carbons (Fsp3) is 0.318. The number of aromatic nitrogens is 2. The van der Waals surface area contributed by atoms with Crippen LogP contribution in [0.3, 0.4) is 0 Å². The first kappa shape index (κ1) is 22.5. The van der Waals surface area contributed by atoms with E-state index in [0.29, 0.717) is 59.7 Å².